The second-order valence-corrected chi connectivity index (χ2v) is 4.64. The van der Waals surface area contributed by atoms with Crippen LogP contribution in [0.5, 0.6) is 0 Å². The molecule has 1 saturated heterocycles. The molecule has 1 heterocycles. The summed E-state index contributed by atoms with van der Waals surface area (Å²) in [7, 11) is 1.60. The molecule has 19 heavy (non-hydrogen) atoms. The second-order valence-electron chi connectivity index (χ2n) is 4.64. The minimum atomic E-state index is -0.800. The molecular weight excluding hydrogens is 250 g/mol. The van der Waals surface area contributed by atoms with E-state index in [1.54, 1.807) is 7.11 Å². The summed E-state index contributed by atoms with van der Waals surface area (Å²) in [5, 5.41) is 11.5. The molecule has 0 atom stereocenters. The quantitative estimate of drug-likeness (QED) is 0.570. The monoisotopic (exact) mass is 273 g/mol. The zero-order valence-corrected chi connectivity index (χ0v) is 11.4. The van der Waals surface area contributed by atoms with Crippen LogP contribution in [0, 0.1) is 0 Å². The summed E-state index contributed by atoms with van der Waals surface area (Å²) in [6.45, 7) is 4.50. The number of nitrogens with zero attached hydrogens (tertiary/aromatic N) is 2. The molecular formula is C12H23N3O4. The van der Waals surface area contributed by atoms with Crippen LogP contribution in [0.1, 0.15) is 6.42 Å². The maximum absolute atomic E-state index is 11.6. The van der Waals surface area contributed by atoms with Gasteiger partial charge in [0.15, 0.2) is 0 Å². The summed E-state index contributed by atoms with van der Waals surface area (Å²) in [6, 6.07) is 0. The van der Waals surface area contributed by atoms with Gasteiger partial charge in [0.05, 0.1) is 19.7 Å². The number of hydrogen-bond acceptors (Lipinski definition) is 5. The van der Waals surface area contributed by atoms with E-state index in [1.165, 1.54) is 0 Å². The molecule has 0 saturated carbocycles. The molecule has 110 valence electrons. The standard InChI is InChI=1S/C12H23N3O4/c1-19-8-3-13-11(16)9-14-4-2-5-15(7-6-14)10-12(17)18/h2-10H2,1H3,(H,13,16)(H,17,18). The molecule has 1 rings (SSSR count). The first-order chi connectivity index (χ1) is 9.11. The zero-order valence-electron chi connectivity index (χ0n) is 11.4. The summed E-state index contributed by atoms with van der Waals surface area (Å²) in [5.74, 6) is -0.811. The Morgan fingerprint density at radius 2 is 1.79 bits per heavy atom. The van der Waals surface area contributed by atoms with Crippen LogP contribution in [0.25, 0.3) is 0 Å². The number of ether oxygens (including phenoxy) is 1. The number of rotatable bonds is 7. The third-order valence-corrected chi connectivity index (χ3v) is 3.04. The molecule has 0 aromatic carbocycles. The minimum absolute atomic E-state index is 0.0104. The van der Waals surface area contributed by atoms with Gasteiger partial charge in [-0.25, -0.2) is 0 Å². The van der Waals surface area contributed by atoms with Crippen LogP contribution in [-0.2, 0) is 14.3 Å². The minimum Gasteiger partial charge on any atom is -0.480 e. The van der Waals surface area contributed by atoms with Gasteiger partial charge in [0, 0.05) is 33.3 Å². The Labute approximate surface area is 113 Å². The van der Waals surface area contributed by atoms with Crippen molar-refractivity contribution in [2.75, 3.05) is 59.5 Å². The molecule has 0 bridgehead atoms. The lowest BCUT2D eigenvalue weighted by molar-refractivity contribution is -0.138. The number of nitrogens with one attached hydrogen (secondary N) is 1. The third kappa shape index (κ3) is 7.09. The fraction of sp³-hybridized carbons (Fsp3) is 0.833. The van der Waals surface area contributed by atoms with E-state index in [0.717, 1.165) is 26.1 Å². The van der Waals surface area contributed by atoms with Crippen molar-refractivity contribution >= 4 is 11.9 Å². The first-order valence-electron chi connectivity index (χ1n) is 6.54. The lowest BCUT2D eigenvalue weighted by Gasteiger charge is -2.20. The number of amides is 1. The highest BCUT2D eigenvalue weighted by Gasteiger charge is 2.18. The Morgan fingerprint density at radius 1 is 1.16 bits per heavy atom. The summed E-state index contributed by atoms with van der Waals surface area (Å²) in [4.78, 5) is 26.3. The van der Waals surface area contributed by atoms with Gasteiger partial charge in [-0.3, -0.25) is 19.4 Å². The van der Waals surface area contributed by atoms with E-state index in [2.05, 4.69) is 10.2 Å². The molecule has 0 aromatic heterocycles. The van der Waals surface area contributed by atoms with E-state index in [-0.39, 0.29) is 12.5 Å². The van der Waals surface area contributed by atoms with Gasteiger partial charge in [-0.15, -0.1) is 0 Å². The van der Waals surface area contributed by atoms with Gasteiger partial charge in [-0.2, -0.15) is 0 Å². The summed E-state index contributed by atoms with van der Waals surface area (Å²) >= 11 is 0. The Hall–Kier alpha value is -1.18. The lowest BCUT2D eigenvalue weighted by Crippen LogP contribution is -2.40. The molecule has 1 aliphatic heterocycles. The smallest absolute Gasteiger partial charge is 0.317 e. The molecule has 7 nitrogen and oxygen atoms in total. The lowest BCUT2D eigenvalue weighted by atomic mass is 10.3. The predicted molar refractivity (Wildman–Crippen MR) is 70.0 cm³/mol. The molecule has 1 aliphatic rings. The van der Waals surface area contributed by atoms with Gasteiger partial charge in [0.1, 0.15) is 0 Å². The van der Waals surface area contributed by atoms with E-state index in [1.807, 2.05) is 4.90 Å². The highest BCUT2D eigenvalue weighted by Crippen LogP contribution is 2.02. The van der Waals surface area contributed by atoms with Crippen LogP contribution in [0.4, 0.5) is 0 Å². The van der Waals surface area contributed by atoms with Crippen LogP contribution in [-0.4, -0.2) is 86.3 Å². The number of aliphatic carboxylic acids is 1. The summed E-state index contributed by atoms with van der Waals surface area (Å²) in [6.07, 6.45) is 0.888. The van der Waals surface area contributed by atoms with Gasteiger partial charge in [0.25, 0.3) is 0 Å². The van der Waals surface area contributed by atoms with Crippen molar-refractivity contribution in [1.82, 2.24) is 15.1 Å². The van der Waals surface area contributed by atoms with Crippen molar-refractivity contribution in [2.45, 2.75) is 6.42 Å². The summed E-state index contributed by atoms with van der Waals surface area (Å²) < 4.78 is 4.86. The van der Waals surface area contributed by atoms with Gasteiger partial charge in [0.2, 0.25) is 5.91 Å². The van der Waals surface area contributed by atoms with E-state index in [9.17, 15) is 9.59 Å². The van der Waals surface area contributed by atoms with Crippen LogP contribution in [0.2, 0.25) is 0 Å². The molecule has 2 N–H and O–H groups in total. The second kappa shape index (κ2) is 8.84. The van der Waals surface area contributed by atoms with Gasteiger partial charge in [-0.05, 0) is 13.0 Å². The highest BCUT2D eigenvalue weighted by atomic mass is 16.5. The normalized spacial score (nSPS) is 17.9. The Bertz CT molecular complexity index is 299. The van der Waals surface area contributed by atoms with Gasteiger partial charge in [-0.1, -0.05) is 0 Å². The molecule has 1 amide bonds. The molecule has 0 spiro atoms. The maximum atomic E-state index is 11.6. The molecule has 0 aliphatic carbocycles. The average molecular weight is 273 g/mol. The topological polar surface area (TPSA) is 82.1 Å². The highest BCUT2D eigenvalue weighted by molar-refractivity contribution is 5.78. The van der Waals surface area contributed by atoms with Gasteiger partial charge < -0.3 is 15.2 Å². The van der Waals surface area contributed by atoms with Crippen LogP contribution < -0.4 is 5.32 Å². The van der Waals surface area contributed by atoms with Crippen molar-refractivity contribution < 1.29 is 19.4 Å². The van der Waals surface area contributed by atoms with E-state index in [4.69, 9.17) is 9.84 Å². The number of carboxylic acids is 1. The average Bonchev–Trinajstić information content (AvgIpc) is 2.55. The zero-order chi connectivity index (χ0) is 14.1. The largest absolute Gasteiger partial charge is 0.480 e. The van der Waals surface area contributed by atoms with Crippen LogP contribution in [0.15, 0.2) is 0 Å². The van der Waals surface area contributed by atoms with Gasteiger partial charge >= 0.3 is 5.97 Å². The fourth-order valence-corrected chi connectivity index (χ4v) is 2.08. The molecule has 0 aromatic rings. The maximum Gasteiger partial charge on any atom is 0.317 e. The third-order valence-electron chi connectivity index (χ3n) is 3.04. The molecule has 0 unspecified atom stereocenters. The van der Waals surface area contributed by atoms with E-state index < -0.39 is 5.97 Å². The summed E-state index contributed by atoms with van der Waals surface area (Å²) in [5.41, 5.74) is 0. The number of methoxy groups -OCH3 is 1. The Balaban J connectivity index is 2.24. The van der Waals surface area contributed by atoms with Crippen LogP contribution in [0.3, 0.4) is 0 Å². The Morgan fingerprint density at radius 3 is 2.37 bits per heavy atom. The number of carbonyl (C=O) groups is 2. The first-order valence-corrected chi connectivity index (χ1v) is 6.54. The van der Waals surface area contributed by atoms with Crippen molar-refractivity contribution in [1.29, 1.82) is 0 Å². The van der Waals surface area contributed by atoms with Crippen molar-refractivity contribution in [3.05, 3.63) is 0 Å². The number of carboxylic acid groups (broad SMARTS) is 1. The molecule has 0 radical (unpaired) electrons. The van der Waals surface area contributed by atoms with Crippen molar-refractivity contribution in [3.63, 3.8) is 0 Å². The van der Waals surface area contributed by atoms with Crippen LogP contribution >= 0.6 is 0 Å². The Kier molecular flexibility index (Phi) is 7.39. The SMILES string of the molecule is COCCNC(=O)CN1CCCN(CC(=O)O)CC1. The number of hydrogen-bond donors (Lipinski definition) is 2. The fourth-order valence-electron chi connectivity index (χ4n) is 2.08. The van der Waals surface area contributed by atoms with Crippen molar-refractivity contribution in [3.8, 4) is 0 Å². The van der Waals surface area contributed by atoms with Crippen molar-refractivity contribution in [2.24, 2.45) is 0 Å². The number of carbonyl (C=O) groups excluding carboxylic acids is 1. The molecule has 1 fully saturated rings. The molecule has 7 heteroatoms. The van der Waals surface area contributed by atoms with E-state index in [0.29, 0.717) is 26.2 Å². The van der Waals surface area contributed by atoms with E-state index >= 15 is 0 Å². The predicted octanol–water partition coefficient (Wildman–Crippen LogP) is -1.16. The first kappa shape index (κ1) is 15.9.